The third kappa shape index (κ3) is 6.71. The minimum Gasteiger partial charge on any atom is -0.309 e. The van der Waals surface area contributed by atoms with Gasteiger partial charge in [0.15, 0.2) is 5.82 Å². The van der Waals surface area contributed by atoms with Gasteiger partial charge in [-0.3, -0.25) is 15.2 Å². The molecule has 4 rings (SSSR count). The Balaban J connectivity index is 1.58. The lowest BCUT2D eigenvalue weighted by atomic mass is 10.1. The minimum atomic E-state index is -4.57. The molecule has 6 nitrogen and oxygen atoms in total. The number of nitrogens with zero attached hydrogens (tertiary/aromatic N) is 2. The van der Waals surface area contributed by atoms with Crippen LogP contribution in [0.5, 0.6) is 0 Å². The number of carbonyl (C=O) groups is 1. The average Bonchev–Trinajstić information content (AvgIpc) is 3.31. The van der Waals surface area contributed by atoms with E-state index < -0.39 is 35.1 Å². The van der Waals surface area contributed by atoms with Crippen molar-refractivity contribution < 1.29 is 31.1 Å². The number of H-pyrrole nitrogens is 1. The Labute approximate surface area is 216 Å². The number of amides is 1. The molecule has 0 aliphatic rings. The van der Waals surface area contributed by atoms with Crippen LogP contribution in [0.1, 0.15) is 21.5 Å². The average molecular weight is 552 g/mol. The van der Waals surface area contributed by atoms with Crippen molar-refractivity contribution in [3.05, 3.63) is 106 Å². The summed E-state index contributed by atoms with van der Waals surface area (Å²) in [6, 6.07) is 11.4. The molecule has 0 aliphatic heterocycles. The molecule has 3 aromatic carbocycles. The third-order valence-electron chi connectivity index (χ3n) is 5.13. The van der Waals surface area contributed by atoms with E-state index in [1.54, 1.807) is 0 Å². The molecule has 13 heteroatoms. The highest BCUT2D eigenvalue weighted by Gasteiger charge is 2.30. The monoisotopic (exact) mass is 551 g/mol. The molecule has 1 amide bonds. The van der Waals surface area contributed by atoms with Gasteiger partial charge in [0, 0.05) is 28.3 Å². The number of carbonyl (C=O) groups excluding carboxylic acids is 1. The van der Waals surface area contributed by atoms with Gasteiger partial charge in [0.05, 0.1) is 17.8 Å². The van der Waals surface area contributed by atoms with E-state index in [-0.39, 0.29) is 40.2 Å². The summed E-state index contributed by atoms with van der Waals surface area (Å²) in [7, 11) is 0. The number of anilines is 1. The molecule has 0 atom stereocenters. The Kier molecular flexibility index (Phi) is 7.72. The zero-order valence-corrected chi connectivity index (χ0v) is 19.8. The van der Waals surface area contributed by atoms with Gasteiger partial charge >= 0.3 is 6.18 Å². The second kappa shape index (κ2) is 11.0. The van der Waals surface area contributed by atoms with E-state index in [4.69, 9.17) is 11.6 Å². The predicted molar refractivity (Wildman–Crippen MR) is 129 cm³/mol. The van der Waals surface area contributed by atoms with Crippen LogP contribution in [0.3, 0.4) is 0 Å². The van der Waals surface area contributed by atoms with E-state index >= 15 is 0 Å². The zero-order valence-electron chi connectivity index (χ0n) is 19.0. The zero-order chi connectivity index (χ0) is 27.4. The summed E-state index contributed by atoms with van der Waals surface area (Å²) in [6.07, 6.45) is -4.57. The molecule has 3 N–H and O–H groups in total. The van der Waals surface area contributed by atoms with Crippen molar-refractivity contribution >= 4 is 29.3 Å². The van der Waals surface area contributed by atoms with Crippen LogP contribution in [0.15, 0.2) is 71.7 Å². The predicted octanol–water partition coefficient (Wildman–Crippen LogP) is 6.56. The summed E-state index contributed by atoms with van der Waals surface area (Å²) < 4.78 is 79.1. The van der Waals surface area contributed by atoms with E-state index in [1.165, 1.54) is 18.2 Å². The van der Waals surface area contributed by atoms with Crippen molar-refractivity contribution in [1.29, 1.82) is 0 Å². The highest BCUT2D eigenvalue weighted by Crippen LogP contribution is 2.29. The first kappa shape index (κ1) is 26.7. The summed E-state index contributed by atoms with van der Waals surface area (Å²) in [4.78, 5) is 17.0. The molecule has 1 aromatic heterocycles. The lowest BCUT2D eigenvalue weighted by molar-refractivity contribution is -0.137. The second-order valence-electron chi connectivity index (χ2n) is 7.88. The first-order valence-corrected chi connectivity index (χ1v) is 11.1. The van der Waals surface area contributed by atoms with Crippen molar-refractivity contribution in [3.63, 3.8) is 0 Å². The number of alkyl halides is 3. The van der Waals surface area contributed by atoms with Crippen molar-refractivity contribution in [2.45, 2.75) is 12.7 Å². The smallest absolute Gasteiger partial charge is 0.309 e. The number of halogens is 7. The Bertz CT molecular complexity index is 1480. The summed E-state index contributed by atoms with van der Waals surface area (Å²) >= 11 is 6.04. The van der Waals surface area contributed by atoms with Crippen LogP contribution in [-0.2, 0) is 12.7 Å². The van der Waals surface area contributed by atoms with Gasteiger partial charge < -0.3 is 5.32 Å². The van der Waals surface area contributed by atoms with Gasteiger partial charge in [-0.1, -0.05) is 17.7 Å². The summed E-state index contributed by atoms with van der Waals surface area (Å²) in [5, 5.41) is 11.8. The van der Waals surface area contributed by atoms with Crippen LogP contribution < -0.4 is 10.6 Å². The molecule has 196 valence electrons. The molecule has 0 fully saturated rings. The van der Waals surface area contributed by atoms with Crippen LogP contribution in [0.4, 0.5) is 32.2 Å². The second-order valence-corrected chi connectivity index (χ2v) is 8.29. The molecule has 0 aliphatic carbocycles. The van der Waals surface area contributed by atoms with Crippen molar-refractivity contribution in [3.8, 4) is 11.3 Å². The molecule has 0 saturated heterocycles. The Morgan fingerprint density at radius 3 is 2.24 bits per heavy atom. The van der Waals surface area contributed by atoms with Gasteiger partial charge in [-0.05, 0) is 54.1 Å². The SMILES string of the molecule is O=C(NC(=NCc1ccc(F)cc1Cl)Nc1cc(-c2cc(F)cc(F)c2)[nH]n1)c1ccc(C(F)(F)F)cc1. The number of hydrogen-bond acceptors (Lipinski definition) is 3. The Hall–Kier alpha value is -4.32. The molecule has 0 radical (unpaired) electrons. The molecular weight excluding hydrogens is 536 g/mol. The summed E-state index contributed by atoms with van der Waals surface area (Å²) in [6.45, 7) is -0.124. The van der Waals surface area contributed by atoms with Gasteiger partial charge in [-0.2, -0.15) is 18.3 Å². The highest BCUT2D eigenvalue weighted by atomic mass is 35.5. The standard InChI is InChI=1S/C25H16ClF6N5O/c26-20-10-17(27)6-3-14(20)12-33-24(35-23(38)13-1-4-16(5-2-13)25(30,31)32)34-22-11-21(36-37-22)15-7-18(28)9-19(29)8-15/h1-11H,12H2,(H3,33,34,35,36,37,38). The van der Waals surface area contributed by atoms with Gasteiger partial charge in [0.2, 0.25) is 5.96 Å². The number of aromatic amines is 1. The van der Waals surface area contributed by atoms with Crippen LogP contribution >= 0.6 is 11.6 Å². The molecule has 0 spiro atoms. The number of hydrogen-bond donors (Lipinski definition) is 3. The fraction of sp³-hybridized carbons (Fsp3) is 0.0800. The van der Waals surface area contributed by atoms with Gasteiger partial charge in [-0.15, -0.1) is 0 Å². The van der Waals surface area contributed by atoms with E-state index in [0.29, 0.717) is 11.6 Å². The number of benzene rings is 3. The molecular formula is C25H16ClF6N5O. The maximum absolute atomic E-state index is 13.6. The van der Waals surface area contributed by atoms with E-state index in [0.717, 1.165) is 42.5 Å². The van der Waals surface area contributed by atoms with E-state index in [9.17, 15) is 31.1 Å². The van der Waals surface area contributed by atoms with Crippen LogP contribution in [0, 0.1) is 17.5 Å². The number of guanidine groups is 1. The lowest BCUT2D eigenvalue weighted by Gasteiger charge is -2.11. The maximum Gasteiger partial charge on any atom is 0.416 e. The van der Waals surface area contributed by atoms with Gasteiger partial charge in [0.25, 0.3) is 5.91 Å². The maximum atomic E-state index is 13.6. The lowest BCUT2D eigenvalue weighted by Crippen LogP contribution is -2.36. The van der Waals surface area contributed by atoms with Crippen LogP contribution in [-0.4, -0.2) is 22.1 Å². The minimum absolute atomic E-state index is 0.0809. The molecule has 0 unspecified atom stereocenters. The summed E-state index contributed by atoms with van der Waals surface area (Å²) in [5.74, 6) is -3.05. The number of aliphatic imine (C=N–C) groups is 1. The molecule has 38 heavy (non-hydrogen) atoms. The van der Waals surface area contributed by atoms with Crippen LogP contribution in [0.2, 0.25) is 5.02 Å². The number of aromatic nitrogens is 2. The molecule has 4 aromatic rings. The Morgan fingerprint density at radius 2 is 1.61 bits per heavy atom. The van der Waals surface area contributed by atoms with Gasteiger partial charge in [-0.25, -0.2) is 18.2 Å². The normalized spacial score (nSPS) is 11.9. The number of rotatable bonds is 5. The topological polar surface area (TPSA) is 82.2 Å². The quantitative estimate of drug-likeness (QED) is 0.149. The van der Waals surface area contributed by atoms with Crippen molar-refractivity contribution in [1.82, 2.24) is 15.5 Å². The third-order valence-corrected chi connectivity index (χ3v) is 5.48. The first-order chi connectivity index (χ1) is 18.0. The van der Waals surface area contributed by atoms with Crippen molar-refractivity contribution in [2.75, 3.05) is 5.32 Å². The fourth-order valence-corrected chi connectivity index (χ4v) is 3.51. The fourth-order valence-electron chi connectivity index (χ4n) is 3.28. The van der Waals surface area contributed by atoms with Crippen molar-refractivity contribution in [2.24, 2.45) is 4.99 Å². The van der Waals surface area contributed by atoms with E-state index in [1.807, 2.05) is 0 Å². The van der Waals surface area contributed by atoms with E-state index in [2.05, 4.69) is 25.8 Å². The summed E-state index contributed by atoms with van der Waals surface area (Å²) in [5.41, 5.74) is -0.210. The highest BCUT2D eigenvalue weighted by molar-refractivity contribution is 6.31. The largest absolute Gasteiger partial charge is 0.416 e. The molecule has 1 heterocycles. The molecule has 0 saturated carbocycles. The molecule has 0 bridgehead atoms. The first-order valence-electron chi connectivity index (χ1n) is 10.7. The number of nitrogens with one attached hydrogen (secondary N) is 3. The van der Waals surface area contributed by atoms with Crippen LogP contribution in [0.25, 0.3) is 11.3 Å². The van der Waals surface area contributed by atoms with Gasteiger partial charge in [0.1, 0.15) is 17.5 Å². The Morgan fingerprint density at radius 1 is 0.921 bits per heavy atom.